The maximum absolute atomic E-state index is 12.6. The molecular weight excluding hydrogens is 406 g/mol. The zero-order valence-corrected chi connectivity index (χ0v) is 17.3. The van der Waals surface area contributed by atoms with E-state index in [4.69, 9.17) is 21.1 Å². The second-order valence-corrected chi connectivity index (χ2v) is 7.47. The summed E-state index contributed by atoms with van der Waals surface area (Å²) in [7, 11) is 0. The maximum Gasteiger partial charge on any atom is 0.224 e. The predicted octanol–water partition coefficient (Wildman–Crippen LogP) is 2.87. The zero-order valence-electron chi connectivity index (χ0n) is 16.5. The van der Waals surface area contributed by atoms with Crippen LogP contribution in [0.5, 0.6) is 5.75 Å². The van der Waals surface area contributed by atoms with Crippen LogP contribution in [0, 0.1) is 0 Å². The monoisotopic (exact) mass is 429 g/mol. The Balaban J connectivity index is 1.27. The summed E-state index contributed by atoms with van der Waals surface area (Å²) in [5, 5.41) is 12.1. The van der Waals surface area contributed by atoms with Gasteiger partial charge in [0.2, 0.25) is 5.91 Å². The highest BCUT2D eigenvalue weighted by Gasteiger charge is 2.27. The summed E-state index contributed by atoms with van der Waals surface area (Å²) in [4.78, 5) is 14.4. The Labute approximate surface area is 179 Å². The first-order valence-corrected chi connectivity index (χ1v) is 10.3. The van der Waals surface area contributed by atoms with E-state index in [9.17, 15) is 4.79 Å². The largest absolute Gasteiger partial charge is 0.492 e. The quantitative estimate of drug-likeness (QED) is 0.595. The third kappa shape index (κ3) is 5.20. The van der Waals surface area contributed by atoms with E-state index in [1.807, 2.05) is 41.4 Å². The van der Waals surface area contributed by atoms with Gasteiger partial charge in [0.15, 0.2) is 0 Å². The molecule has 0 aliphatic carbocycles. The highest BCUT2D eigenvalue weighted by Crippen LogP contribution is 2.24. The van der Waals surface area contributed by atoms with Crippen molar-refractivity contribution in [3.05, 3.63) is 65.2 Å². The fraction of sp³-hybridized carbons (Fsp3) is 0.381. The van der Waals surface area contributed by atoms with Crippen LogP contribution in [0.25, 0.3) is 0 Å². The van der Waals surface area contributed by atoms with Gasteiger partial charge in [0.05, 0.1) is 30.5 Å². The van der Waals surface area contributed by atoms with Gasteiger partial charge >= 0.3 is 0 Å². The molecule has 1 amide bonds. The van der Waals surface area contributed by atoms with Crippen molar-refractivity contribution in [2.24, 2.45) is 0 Å². The van der Waals surface area contributed by atoms with E-state index in [-0.39, 0.29) is 12.0 Å². The minimum Gasteiger partial charge on any atom is -0.492 e. The van der Waals surface area contributed by atoms with Crippen molar-refractivity contribution in [1.29, 1.82) is 0 Å². The average molecular weight is 430 g/mol. The van der Waals surface area contributed by atoms with E-state index < -0.39 is 0 Å². The number of carbonyl (C=O) groups excluding carboxylic acids is 1. The van der Waals surface area contributed by atoms with Gasteiger partial charge in [-0.15, -0.1) is 0 Å². The van der Waals surface area contributed by atoms with Crippen LogP contribution in [0.1, 0.15) is 23.9 Å². The van der Waals surface area contributed by atoms with Gasteiger partial charge in [0.1, 0.15) is 11.9 Å². The summed E-state index contributed by atoms with van der Waals surface area (Å²) < 4.78 is 13.3. The number of nitrogens with one attached hydrogen (secondary N) is 1. The molecule has 0 radical (unpaired) electrons. The van der Waals surface area contributed by atoms with Crippen molar-refractivity contribution in [2.45, 2.75) is 25.5 Å². The number of halogens is 1. The molecule has 1 aliphatic rings. The Kier molecular flexibility index (Phi) is 6.66. The highest BCUT2D eigenvalue weighted by atomic mass is 35.5. The number of aromatic nitrogens is 4. The number of aryl methyl sites for hydroxylation is 1. The summed E-state index contributed by atoms with van der Waals surface area (Å²) in [6.45, 7) is 2.65. The summed E-state index contributed by atoms with van der Waals surface area (Å²) in [6.07, 6.45) is 4.42. The lowest BCUT2D eigenvalue weighted by molar-refractivity contribution is -0.139. The van der Waals surface area contributed by atoms with Crippen LogP contribution in [-0.2, 0) is 22.5 Å². The predicted molar refractivity (Wildman–Crippen MR) is 111 cm³/mol. The van der Waals surface area contributed by atoms with E-state index in [0.717, 1.165) is 11.4 Å². The number of para-hydroxylation sites is 1. The molecule has 0 saturated carbocycles. The molecular formula is C21H24ClN5O3. The molecule has 1 N–H and O–H groups in total. The molecule has 1 aromatic carbocycles. The molecule has 1 saturated heterocycles. The van der Waals surface area contributed by atoms with Crippen molar-refractivity contribution < 1.29 is 14.3 Å². The fourth-order valence-electron chi connectivity index (χ4n) is 3.36. The Morgan fingerprint density at radius 1 is 1.33 bits per heavy atom. The highest BCUT2D eigenvalue weighted by molar-refractivity contribution is 6.32. The summed E-state index contributed by atoms with van der Waals surface area (Å²) in [6, 6.07) is 11.2. The van der Waals surface area contributed by atoms with Gasteiger partial charge in [0, 0.05) is 44.0 Å². The number of hydrogen-bond acceptors (Lipinski definition) is 5. The van der Waals surface area contributed by atoms with Crippen LogP contribution < -0.4 is 4.74 Å². The molecule has 2 aromatic heterocycles. The molecule has 0 bridgehead atoms. The van der Waals surface area contributed by atoms with Gasteiger partial charge in [0.25, 0.3) is 0 Å². The van der Waals surface area contributed by atoms with E-state index >= 15 is 0 Å². The second-order valence-electron chi connectivity index (χ2n) is 7.07. The molecule has 0 spiro atoms. The third-order valence-corrected chi connectivity index (χ3v) is 5.29. The Hall–Kier alpha value is -2.84. The zero-order chi connectivity index (χ0) is 20.8. The number of carbonyl (C=O) groups is 1. The van der Waals surface area contributed by atoms with Gasteiger partial charge in [-0.05, 0) is 24.3 Å². The van der Waals surface area contributed by atoms with Crippen LogP contribution in [0.15, 0.2) is 48.8 Å². The molecule has 8 nitrogen and oxygen atoms in total. The minimum absolute atomic E-state index is 0.0997. The van der Waals surface area contributed by atoms with Crippen LogP contribution in [0.2, 0.25) is 5.02 Å². The number of H-pyrrole nitrogens is 1. The smallest absolute Gasteiger partial charge is 0.224 e. The van der Waals surface area contributed by atoms with Crippen molar-refractivity contribution in [3.8, 4) is 5.75 Å². The first kappa shape index (κ1) is 20.4. The first-order valence-electron chi connectivity index (χ1n) is 9.97. The lowest BCUT2D eigenvalue weighted by atomic mass is 10.1. The van der Waals surface area contributed by atoms with Crippen LogP contribution in [0.3, 0.4) is 0 Å². The van der Waals surface area contributed by atoms with E-state index in [1.54, 1.807) is 16.9 Å². The molecule has 30 heavy (non-hydrogen) atoms. The number of morpholine rings is 1. The lowest BCUT2D eigenvalue weighted by Crippen LogP contribution is -2.42. The lowest BCUT2D eigenvalue weighted by Gasteiger charge is -2.32. The number of hydrogen-bond donors (Lipinski definition) is 1. The Morgan fingerprint density at radius 2 is 2.23 bits per heavy atom. The number of ether oxygens (including phenoxy) is 2. The molecule has 1 aliphatic heterocycles. The Bertz CT molecular complexity index is 959. The van der Waals surface area contributed by atoms with Crippen molar-refractivity contribution in [1.82, 2.24) is 24.9 Å². The van der Waals surface area contributed by atoms with Gasteiger partial charge in [-0.25, -0.2) is 0 Å². The average Bonchev–Trinajstić information content (AvgIpc) is 3.46. The SMILES string of the molecule is O=C(CCn1cccn1)N1CCOC(c2cc(CCOc3ccccc3Cl)[nH]n2)C1. The van der Waals surface area contributed by atoms with E-state index in [2.05, 4.69) is 15.3 Å². The van der Waals surface area contributed by atoms with Crippen LogP contribution in [-0.4, -0.2) is 57.1 Å². The van der Waals surface area contributed by atoms with Crippen LogP contribution in [0.4, 0.5) is 0 Å². The second kappa shape index (κ2) is 9.77. The number of benzene rings is 1. The molecule has 3 heterocycles. The maximum atomic E-state index is 12.6. The minimum atomic E-state index is -0.234. The number of rotatable bonds is 8. The first-order chi connectivity index (χ1) is 14.7. The standard InChI is InChI=1S/C21H24ClN5O3/c22-17-4-1-2-5-19(17)29-12-7-16-14-18(25-24-16)20-15-26(11-13-30-20)21(28)6-10-27-9-3-8-23-27/h1-5,8-9,14,20H,6-7,10-13,15H2,(H,24,25). The summed E-state index contributed by atoms with van der Waals surface area (Å²) in [5.74, 6) is 0.765. The number of aromatic amines is 1. The molecule has 158 valence electrons. The molecule has 1 atom stereocenters. The summed E-state index contributed by atoms with van der Waals surface area (Å²) >= 11 is 6.10. The fourth-order valence-corrected chi connectivity index (χ4v) is 3.55. The number of amides is 1. The number of nitrogens with zero attached hydrogens (tertiary/aromatic N) is 4. The topological polar surface area (TPSA) is 85.3 Å². The van der Waals surface area contributed by atoms with E-state index in [0.29, 0.717) is 56.5 Å². The Morgan fingerprint density at radius 3 is 3.07 bits per heavy atom. The third-order valence-electron chi connectivity index (χ3n) is 4.98. The molecule has 1 unspecified atom stereocenters. The molecule has 3 aromatic rings. The van der Waals surface area contributed by atoms with Crippen molar-refractivity contribution in [3.63, 3.8) is 0 Å². The molecule has 1 fully saturated rings. The normalized spacial score (nSPS) is 16.6. The summed E-state index contributed by atoms with van der Waals surface area (Å²) in [5.41, 5.74) is 1.75. The van der Waals surface area contributed by atoms with Gasteiger partial charge < -0.3 is 14.4 Å². The van der Waals surface area contributed by atoms with Crippen LogP contribution >= 0.6 is 11.6 Å². The molecule has 4 rings (SSSR count). The van der Waals surface area contributed by atoms with E-state index in [1.165, 1.54) is 0 Å². The van der Waals surface area contributed by atoms with Gasteiger partial charge in [-0.3, -0.25) is 14.6 Å². The van der Waals surface area contributed by atoms with Gasteiger partial charge in [-0.1, -0.05) is 23.7 Å². The molecule has 9 heteroatoms. The van der Waals surface area contributed by atoms with Crippen molar-refractivity contribution in [2.75, 3.05) is 26.3 Å². The van der Waals surface area contributed by atoms with Gasteiger partial charge in [-0.2, -0.15) is 10.2 Å². The van der Waals surface area contributed by atoms with Crippen molar-refractivity contribution >= 4 is 17.5 Å².